The zero-order valence-corrected chi connectivity index (χ0v) is 10.6. The SMILES string of the molecule is CCCN(CC)C1=CCC(C)C(C(F)(F)F)=C1. The van der Waals surface area contributed by atoms with Crippen molar-refractivity contribution >= 4 is 0 Å². The molecule has 0 saturated heterocycles. The number of hydrogen-bond donors (Lipinski definition) is 0. The molecule has 0 heterocycles. The molecule has 1 rings (SSSR count). The van der Waals surface area contributed by atoms with Gasteiger partial charge in [-0.3, -0.25) is 0 Å². The van der Waals surface area contributed by atoms with E-state index in [0.29, 0.717) is 6.42 Å². The van der Waals surface area contributed by atoms with Crippen molar-refractivity contribution in [2.24, 2.45) is 5.92 Å². The molecule has 4 heteroatoms. The number of rotatable bonds is 4. The Balaban J connectivity index is 2.93. The number of nitrogens with zero attached hydrogens (tertiary/aromatic N) is 1. The monoisotopic (exact) mass is 247 g/mol. The first-order valence-electron chi connectivity index (χ1n) is 6.14. The van der Waals surface area contributed by atoms with Gasteiger partial charge in [-0.15, -0.1) is 0 Å². The molecule has 0 aliphatic heterocycles. The molecule has 1 atom stereocenters. The van der Waals surface area contributed by atoms with Crippen molar-refractivity contribution in [1.29, 1.82) is 0 Å². The van der Waals surface area contributed by atoms with E-state index in [1.165, 1.54) is 6.08 Å². The summed E-state index contributed by atoms with van der Waals surface area (Å²) in [5.74, 6) is -0.431. The third-order valence-corrected chi connectivity index (χ3v) is 3.08. The van der Waals surface area contributed by atoms with Gasteiger partial charge < -0.3 is 4.90 Å². The van der Waals surface area contributed by atoms with E-state index in [2.05, 4.69) is 0 Å². The Kier molecular flexibility index (Phi) is 4.66. The molecule has 0 fully saturated rings. The highest BCUT2D eigenvalue weighted by molar-refractivity contribution is 5.31. The van der Waals surface area contributed by atoms with Crippen LogP contribution in [-0.4, -0.2) is 24.2 Å². The predicted molar refractivity (Wildman–Crippen MR) is 63.5 cm³/mol. The Hall–Kier alpha value is -0.930. The topological polar surface area (TPSA) is 3.24 Å². The fraction of sp³-hybridized carbons (Fsp3) is 0.692. The first kappa shape index (κ1) is 14.1. The number of hydrogen-bond acceptors (Lipinski definition) is 1. The Morgan fingerprint density at radius 3 is 2.47 bits per heavy atom. The van der Waals surface area contributed by atoms with Gasteiger partial charge >= 0.3 is 6.18 Å². The molecule has 1 aliphatic carbocycles. The third-order valence-electron chi connectivity index (χ3n) is 3.08. The van der Waals surface area contributed by atoms with Crippen molar-refractivity contribution in [2.45, 2.75) is 39.8 Å². The van der Waals surface area contributed by atoms with Crippen LogP contribution < -0.4 is 0 Å². The van der Waals surface area contributed by atoms with Crippen LogP contribution >= 0.6 is 0 Å². The summed E-state index contributed by atoms with van der Waals surface area (Å²) in [6, 6.07) is 0. The Morgan fingerprint density at radius 1 is 1.35 bits per heavy atom. The summed E-state index contributed by atoms with van der Waals surface area (Å²) in [7, 11) is 0. The van der Waals surface area contributed by atoms with Gasteiger partial charge in [0.2, 0.25) is 0 Å². The smallest absolute Gasteiger partial charge is 0.372 e. The predicted octanol–water partition coefficient (Wildman–Crippen LogP) is 4.13. The lowest BCUT2D eigenvalue weighted by Crippen LogP contribution is -2.27. The fourth-order valence-corrected chi connectivity index (χ4v) is 2.11. The van der Waals surface area contributed by atoms with Crippen molar-refractivity contribution < 1.29 is 13.2 Å². The fourth-order valence-electron chi connectivity index (χ4n) is 2.11. The second-order valence-corrected chi connectivity index (χ2v) is 4.44. The average Bonchev–Trinajstić information content (AvgIpc) is 2.25. The molecule has 0 aromatic rings. The average molecular weight is 247 g/mol. The first-order valence-corrected chi connectivity index (χ1v) is 6.14. The largest absolute Gasteiger partial charge is 0.413 e. The molecule has 0 amide bonds. The van der Waals surface area contributed by atoms with Gasteiger partial charge in [-0.25, -0.2) is 0 Å². The minimum atomic E-state index is -4.20. The highest BCUT2D eigenvalue weighted by Gasteiger charge is 2.38. The van der Waals surface area contributed by atoms with Crippen molar-refractivity contribution in [2.75, 3.05) is 13.1 Å². The molecule has 0 spiro atoms. The van der Waals surface area contributed by atoms with Gasteiger partial charge in [0, 0.05) is 24.4 Å². The normalized spacial score (nSPS) is 20.9. The van der Waals surface area contributed by atoms with Crippen molar-refractivity contribution in [1.82, 2.24) is 4.90 Å². The van der Waals surface area contributed by atoms with Gasteiger partial charge in [-0.2, -0.15) is 13.2 Å². The number of alkyl halides is 3. The second-order valence-electron chi connectivity index (χ2n) is 4.44. The Labute approximate surface area is 101 Å². The molecule has 0 aromatic carbocycles. The highest BCUT2D eigenvalue weighted by atomic mass is 19.4. The molecular weight excluding hydrogens is 227 g/mol. The van der Waals surface area contributed by atoms with Gasteiger partial charge in [0.25, 0.3) is 0 Å². The quantitative estimate of drug-likeness (QED) is 0.722. The molecule has 1 nitrogen and oxygen atoms in total. The molecule has 0 aromatic heterocycles. The van der Waals surface area contributed by atoms with Crippen LogP contribution in [0.5, 0.6) is 0 Å². The van der Waals surface area contributed by atoms with Crippen LogP contribution in [0.25, 0.3) is 0 Å². The highest BCUT2D eigenvalue weighted by Crippen LogP contribution is 2.37. The summed E-state index contributed by atoms with van der Waals surface area (Å²) in [4.78, 5) is 2.00. The maximum atomic E-state index is 12.8. The summed E-state index contributed by atoms with van der Waals surface area (Å²) < 4.78 is 38.4. The first-order chi connectivity index (χ1) is 7.90. The summed E-state index contributed by atoms with van der Waals surface area (Å²) in [6.07, 6.45) is 0.438. The van der Waals surface area contributed by atoms with E-state index in [1.807, 2.05) is 24.8 Å². The zero-order valence-electron chi connectivity index (χ0n) is 10.6. The number of allylic oxidation sites excluding steroid dienone is 3. The van der Waals surface area contributed by atoms with Gasteiger partial charge in [0.1, 0.15) is 0 Å². The lowest BCUT2D eigenvalue weighted by Gasteiger charge is -2.29. The van der Waals surface area contributed by atoms with Crippen LogP contribution in [0.15, 0.2) is 23.4 Å². The van der Waals surface area contributed by atoms with Crippen LogP contribution in [0.4, 0.5) is 13.2 Å². The number of likely N-dealkylation sites (N-methyl/N-ethyl adjacent to an activating group) is 1. The molecule has 0 saturated carbocycles. The van der Waals surface area contributed by atoms with Gasteiger partial charge in [-0.05, 0) is 31.8 Å². The minimum Gasteiger partial charge on any atom is -0.372 e. The van der Waals surface area contributed by atoms with E-state index < -0.39 is 17.7 Å². The molecule has 17 heavy (non-hydrogen) atoms. The maximum Gasteiger partial charge on any atom is 0.413 e. The Morgan fingerprint density at radius 2 is 2.00 bits per heavy atom. The molecule has 0 radical (unpaired) electrons. The summed E-state index contributed by atoms with van der Waals surface area (Å²) in [5.41, 5.74) is 0.323. The van der Waals surface area contributed by atoms with E-state index in [1.54, 1.807) is 6.92 Å². The van der Waals surface area contributed by atoms with Gasteiger partial charge in [-0.1, -0.05) is 19.9 Å². The van der Waals surface area contributed by atoms with Gasteiger partial charge in [0.05, 0.1) is 0 Å². The van der Waals surface area contributed by atoms with Gasteiger partial charge in [0.15, 0.2) is 0 Å². The van der Waals surface area contributed by atoms with Crippen LogP contribution in [0, 0.1) is 5.92 Å². The molecule has 0 bridgehead atoms. The van der Waals surface area contributed by atoms with E-state index >= 15 is 0 Å². The van der Waals surface area contributed by atoms with Crippen molar-refractivity contribution in [3.63, 3.8) is 0 Å². The maximum absolute atomic E-state index is 12.8. The van der Waals surface area contributed by atoms with Crippen LogP contribution in [0.3, 0.4) is 0 Å². The zero-order chi connectivity index (χ0) is 13.1. The minimum absolute atomic E-state index is 0.399. The standard InChI is InChI=1S/C13H20F3N/c1-4-8-17(5-2)11-7-6-10(3)12(9-11)13(14,15)16/h7,9-10H,4-6,8H2,1-3H3. The van der Waals surface area contributed by atoms with Crippen molar-refractivity contribution in [3.8, 4) is 0 Å². The molecule has 1 unspecified atom stereocenters. The van der Waals surface area contributed by atoms with Crippen LogP contribution in [-0.2, 0) is 0 Å². The number of halogens is 3. The van der Waals surface area contributed by atoms with E-state index in [0.717, 1.165) is 25.2 Å². The van der Waals surface area contributed by atoms with Crippen LogP contribution in [0.2, 0.25) is 0 Å². The molecular formula is C13H20F3N. The van der Waals surface area contributed by atoms with E-state index in [4.69, 9.17) is 0 Å². The van der Waals surface area contributed by atoms with Crippen molar-refractivity contribution in [3.05, 3.63) is 23.4 Å². The molecule has 1 aliphatic rings. The van der Waals surface area contributed by atoms with Crippen LogP contribution in [0.1, 0.15) is 33.6 Å². The second kappa shape index (κ2) is 5.61. The van der Waals surface area contributed by atoms with E-state index in [-0.39, 0.29) is 0 Å². The Bertz CT molecular complexity index is 315. The molecule has 0 N–H and O–H groups in total. The summed E-state index contributed by atoms with van der Waals surface area (Å²) >= 11 is 0. The van der Waals surface area contributed by atoms with E-state index in [9.17, 15) is 13.2 Å². The summed E-state index contributed by atoms with van der Waals surface area (Å²) in [5, 5.41) is 0. The lowest BCUT2D eigenvalue weighted by atomic mass is 9.91. The summed E-state index contributed by atoms with van der Waals surface area (Å²) in [6.45, 7) is 7.18. The lowest BCUT2D eigenvalue weighted by molar-refractivity contribution is -0.0987. The third kappa shape index (κ3) is 3.51. The molecule has 98 valence electrons.